The summed E-state index contributed by atoms with van der Waals surface area (Å²) in [5.74, 6) is -2.57. The van der Waals surface area contributed by atoms with E-state index in [1.54, 1.807) is 6.92 Å². The number of hydrogen-bond acceptors (Lipinski definition) is 5. The number of esters is 1. The van der Waals surface area contributed by atoms with Crippen molar-refractivity contribution in [2.45, 2.75) is 132 Å². The maximum atomic E-state index is 14.5. The number of carboxylic acids is 2. The smallest absolute Gasteiger partial charge is 0.313 e. The number of carbonyl (C=O) groups excluding carboxylic acids is 2. The van der Waals surface area contributed by atoms with Crippen molar-refractivity contribution in [3.8, 4) is 0 Å². The van der Waals surface area contributed by atoms with E-state index < -0.39 is 34.3 Å². The largest absolute Gasteiger partial charge is 0.481 e. The Morgan fingerprint density at radius 1 is 0.905 bits per heavy atom. The zero-order chi connectivity index (χ0) is 31.1. The van der Waals surface area contributed by atoms with Crippen molar-refractivity contribution < 1.29 is 34.1 Å². The number of ketones is 1. The summed E-state index contributed by atoms with van der Waals surface area (Å²) in [6, 6.07) is 0. The molecule has 0 aromatic heterocycles. The van der Waals surface area contributed by atoms with Crippen molar-refractivity contribution in [3.63, 3.8) is 0 Å². The van der Waals surface area contributed by atoms with Crippen LogP contribution >= 0.6 is 0 Å². The van der Waals surface area contributed by atoms with E-state index in [1.165, 1.54) is 0 Å². The molecule has 0 bridgehead atoms. The van der Waals surface area contributed by atoms with E-state index in [2.05, 4.69) is 27.7 Å². The maximum Gasteiger partial charge on any atom is 0.313 e. The van der Waals surface area contributed by atoms with Gasteiger partial charge in [0, 0.05) is 12.3 Å². The maximum absolute atomic E-state index is 14.5. The second kappa shape index (κ2) is 9.92. The predicted octanol–water partition coefficient (Wildman–Crippen LogP) is 7.22. The van der Waals surface area contributed by atoms with E-state index in [-0.39, 0.29) is 52.2 Å². The number of hydrogen-bond donors (Lipinski definition) is 2. The molecule has 0 heterocycles. The Morgan fingerprint density at radius 3 is 2.19 bits per heavy atom. The van der Waals surface area contributed by atoms with Gasteiger partial charge in [-0.05, 0) is 118 Å². The lowest BCUT2D eigenvalue weighted by atomic mass is 9.33. The summed E-state index contributed by atoms with van der Waals surface area (Å²) in [6.07, 6.45) is 9.48. The minimum atomic E-state index is -1.28. The van der Waals surface area contributed by atoms with Crippen molar-refractivity contribution in [3.05, 3.63) is 11.6 Å². The molecule has 5 aliphatic rings. The number of allylic oxidation sites excluding steroid dienone is 2. The first-order chi connectivity index (χ1) is 19.4. The molecule has 0 radical (unpaired) electrons. The molecule has 0 aromatic carbocycles. The number of carbonyl (C=O) groups is 4. The van der Waals surface area contributed by atoms with E-state index >= 15 is 0 Å². The monoisotopic (exact) mass is 584 g/mol. The minimum Gasteiger partial charge on any atom is -0.481 e. The molecule has 7 heteroatoms. The highest BCUT2D eigenvalue weighted by Crippen LogP contribution is 2.75. The fourth-order valence-electron chi connectivity index (χ4n) is 11.0. The molecule has 7 nitrogen and oxygen atoms in total. The van der Waals surface area contributed by atoms with Gasteiger partial charge < -0.3 is 14.9 Å². The van der Waals surface area contributed by atoms with Gasteiger partial charge in [0.05, 0.1) is 5.41 Å². The predicted molar refractivity (Wildman–Crippen MR) is 158 cm³/mol. The Hall–Kier alpha value is -2.18. The molecular formula is C35H52O7. The molecule has 0 saturated heterocycles. The third-order valence-corrected chi connectivity index (χ3v) is 14.2. The number of fused-ring (bicyclic) bond motifs is 7. The van der Waals surface area contributed by atoms with E-state index in [1.807, 2.05) is 19.9 Å². The fraction of sp³-hybridized carbons (Fsp3) is 0.829. The lowest BCUT2D eigenvalue weighted by molar-refractivity contribution is -0.221. The zero-order valence-electron chi connectivity index (χ0n) is 26.8. The SMILES string of the molecule is CCCCC(=O)O[C@H]1CC[C@@]2(C)[C@@H](CC[C@]3(C)[C@@H]2C(=O)C=C2[C@@H]4C[C@@](C)(C(=O)O)CC[C@]4(C)CC[C@]23C)[C@]1(C)C(=O)O. The van der Waals surface area contributed by atoms with Crippen molar-refractivity contribution in [2.75, 3.05) is 0 Å². The Balaban J connectivity index is 1.55. The number of ether oxygens (including phenoxy) is 1. The number of unbranched alkanes of at least 4 members (excludes halogenated alkanes) is 1. The zero-order valence-corrected chi connectivity index (χ0v) is 26.8. The molecule has 4 saturated carbocycles. The van der Waals surface area contributed by atoms with Crippen LogP contribution in [0.15, 0.2) is 11.6 Å². The van der Waals surface area contributed by atoms with Gasteiger partial charge >= 0.3 is 17.9 Å². The first-order valence-electron chi connectivity index (χ1n) is 16.4. The van der Waals surface area contributed by atoms with Gasteiger partial charge in [0.25, 0.3) is 0 Å². The van der Waals surface area contributed by atoms with Gasteiger partial charge in [0.15, 0.2) is 5.78 Å². The van der Waals surface area contributed by atoms with Gasteiger partial charge in [0.2, 0.25) is 0 Å². The van der Waals surface area contributed by atoms with Crippen molar-refractivity contribution in [1.82, 2.24) is 0 Å². The van der Waals surface area contributed by atoms with E-state index in [0.717, 1.165) is 37.7 Å². The van der Waals surface area contributed by atoms with Crippen molar-refractivity contribution >= 4 is 23.7 Å². The molecule has 0 aromatic rings. The Labute approximate surface area is 251 Å². The molecule has 4 fully saturated rings. The highest BCUT2D eigenvalue weighted by Gasteiger charge is 2.72. The van der Waals surface area contributed by atoms with Crippen LogP contribution in [0.25, 0.3) is 0 Å². The van der Waals surface area contributed by atoms with Crippen LogP contribution in [0, 0.1) is 50.2 Å². The van der Waals surface area contributed by atoms with Crippen LogP contribution in [0.5, 0.6) is 0 Å². The molecule has 0 amide bonds. The van der Waals surface area contributed by atoms with E-state index in [4.69, 9.17) is 4.74 Å². The summed E-state index contributed by atoms with van der Waals surface area (Å²) >= 11 is 0. The summed E-state index contributed by atoms with van der Waals surface area (Å²) in [5.41, 5.74) is -2.16. The van der Waals surface area contributed by atoms with Crippen LogP contribution < -0.4 is 0 Å². The van der Waals surface area contributed by atoms with Crippen LogP contribution in [0.3, 0.4) is 0 Å². The first-order valence-corrected chi connectivity index (χ1v) is 16.4. The Bertz CT molecular complexity index is 1220. The Kier molecular flexibility index (Phi) is 7.38. The van der Waals surface area contributed by atoms with Crippen molar-refractivity contribution in [2.24, 2.45) is 50.2 Å². The molecule has 5 rings (SSSR count). The average molecular weight is 585 g/mol. The third-order valence-electron chi connectivity index (χ3n) is 14.2. The van der Waals surface area contributed by atoms with E-state index in [9.17, 15) is 29.4 Å². The highest BCUT2D eigenvalue weighted by atomic mass is 16.5. The molecule has 5 aliphatic carbocycles. The normalized spacial score (nSPS) is 48.1. The van der Waals surface area contributed by atoms with Gasteiger partial charge in [0.1, 0.15) is 11.5 Å². The topological polar surface area (TPSA) is 118 Å². The van der Waals surface area contributed by atoms with Crippen LogP contribution in [-0.4, -0.2) is 40.0 Å². The lowest BCUT2D eigenvalue weighted by Crippen LogP contribution is -2.68. The quantitative estimate of drug-likeness (QED) is 0.317. The van der Waals surface area contributed by atoms with Crippen LogP contribution in [0.4, 0.5) is 0 Å². The Morgan fingerprint density at radius 2 is 1.57 bits per heavy atom. The number of carboxylic acid groups (broad SMARTS) is 2. The standard InChI is InChI=1S/C35H52O7/c1-8-9-10-26(37)42-25-12-13-32(4)24(35(25,7)29(40)41)11-14-34(6)27(32)23(36)19-21-22-20-31(3,28(38)39)16-15-30(22,2)17-18-33(21,34)5/h19,22,24-25,27H,8-18,20H2,1-7H3,(H,38,39)(H,40,41)/t22-,24+,25-,27+,30+,31-,32-,33+,34+,35-/m0/s1. The minimum absolute atomic E-state index is 0.0214. The second-order valence-corrected chi connectivity index (χ2v) is 16.3. The van der Waals surface area contributed by atoms with Crippen LogP contribution in [0.2, 0.25) is 0 Å². The van der Waals surface area contributed by atoms with Gasteiger partial charge in [-0.2, -0.15) is 0 Å². The van der Waals surface area contributed by atoms with Gasteiger partial charge in [-0.25, -0.2) is 0 Å². The second-order valence-electron chi connectivity index (χ2n) is 16.3. The van der Waals surface area contributed by atoms with Gasteiger partial charge in [-0.1, -0.05) is 46.6 Å². The van der Waals surface area contributed by atoms with E-state index in [0.29, 0.717) is 38.5 Å². The molecule has 0 spiro atoms. The molecule has 234 valence electrons. The molecule has 0 unspecified atom stereocenters. The number of aliphatic carboxylic acids is 2. The summed E-state index contributed by atoms with van der Waals surface area (Å²) in [7, 11) is 0. The summed E-state index contributed by atoms with van der Waals surface area (Å²) in [6.45, 7) is 14.6. The fourth-order valence-corrected chi connectivity index (χ4v) is 11.0. The summed E-state index contributed by atoms with van der Waals surface area (Å²) < 4.78 is 5.90. The lowest BCUT2D eigenvalue weighted by Gasteiger charge is -2.70. The molecule has 10 atom stereocenters. The summed E-state index contributed by atoms with van der Waals surface area (Å²) in [4.78, 5) is 52.6. The molecule has 2 N–H and O–H groups in total. The molecular weight excluding hydrogens is 532 g/mol. The summed E-state index contributed by atoms with van der Waals surface area (Å²) in [5, 5.41) is 20.8. The number of rotatable bonds is 6. The molecule has 42 heavy (non-hydrogen) atoms. The van der Waals surface area contributed by atoms with Crippen LogP contribution in [0.1, 0.15) is 126 Å². The molecule has 0 aliphatic heterocycles. The van der Waals surface area contributed by atoms with Gasteiger partial charge in [-0.15, -0.1) is 0 Å². The highest BCUT2D eigenvalue weighted by molar-refractivity contribution is 5.96. The van der Waals surface area contributed by atoms with Crippen molar-refractivity contribution in [1.29, 1.82) is 0 Å². The van der Waals surface area contributed by atoms with Gasteiger partial charge in [-0.3, -0.25) is 19.2 Å². The van der Waals surface area contributed by atoms with Crippen LogP contribution in [-0.2, 0) is 23.9 Å². The third kappa shape index (κ3) is 4.10. The average Bonchev–Trinajstić information content (AvgIpc) is 2.91. The first kappa shape index (κ1) is 31.3.